The first kappa shape index (κ1) is 16.2. The van der Waals surface area contributed by atoms with Crippen LogP contribution >= 0.6 is 0 Å². The van der Waals surface area contributed by atoms with E-state index in [0.29, 0.717) is 17.9 Å². The van der Waals surface area contributed by atoms with Crippen molar-refractivity contribution in [2.24, 2.45) is 0 Å². The van der Waals surface area contributed by atoms with Crippen molar-refractivity contribution < 1.29 is 22.7 Å². The summed E-state index contributed by atoms with van der Waals surface area (Å²) in [4.78, 5) is 0.146. The SMILES string of the molecule is CCOc1ccc(S(=O)(=O)N2CCC(F)(CO)C2)c(C)c1. The fraction of sp³-hybridized carbons (Fsp3) is 0.571. The summed E-state index contributed by atoms with van der Waals surface area (Å²) in [7, 11) is -3.76. The first-order valence-corrected chi connectivity index (χ1v) is 8.30. The minimum atomic E-state index is -3.76. The monoisotopic (exact) mass is 317 g/mol. The lowest BCUT2D eigenvalue weighted by Gasteiger charge is -2.20. The number of ether oxygens (including phenoxy) is 1. The van der Waals surface area contributed by atoms with Crippen LogP contribution in [0.3, 0.4) is 0 Å². The van der Waals surface area contributed by atoms with Crippen LogP contribution in [-0.2, 0) is 10.0 Å². The van der Waals surface area contributed by atoms with Crippen molar-refractivity contribution >= 4 is 10.0 Å². The molecule has 1 aromatic rings. The van der Waals surface area contributed by atoms with Gasteiger partial charge in [0.2, 0.25) is 10.0 Å². The van der Waals surface area contributed by atoms with E-state index in [1.807, 2.05) is 6.92 Å². The first-order valence-electron chi connectivity index (χ1n) is 6.86. The van der Waals surface area contributed by atoms with Gasteiger partial charge >= 0.3 is 0 Å². The average molecular weight is 317 g/mol. The largest absolute Gasteiger partial charge is 0.494 e. The molecule has 1 N–H and O–H groups in total. The lowest BCUT2D eigenvalue weighted by Crippen LogP contribution is -2.35. The second-order valence-corrected chi connectivity index (χ2v) is 7.16. The standard InChI is InChI=1S/C14H20FNO4S/c1-3-20-12-4-5-13(11(2)8-12)21(18,19)16-7-6-14(15,9-16)10-17/h4-5,8,17H,3,6-7,9-10H2,1-2H3. The molecule has 0 aromatic heterocycles. The Hall–Kier alpha value is -1.18. The number of aliphatic hydroxyl groups is 1. The number of nitrogens with zero attached hydrogens (tertiary/aromatic N) is 1. The van der Waals surface area contributed by atoms with Gasteiger partial charge in [-0.15, -0.1) is 0 Å². The highest BCUT2D eigenvalue weighted by atomic mass is 32.2. The Balaban J connectivity index is 2.28. The molecule has 5 nitrogen and oxygen atoms in total. The van der Waals surface area contributed by atoms with E-state index in [9.17, 15) is 12.8 Å². The van der Waals surface area contributed by atoms with Gasteiger partial charge in [-0.2, -0.15) is 4.31 Å². The van der Waals surface area contributed by atoms with E-state index in [4.69, 9.17) is 9.84 Å². The van der Waals surface area contributed by atoms with Gasteiger partial charge in [-0.3, -0.25) is 0 Å². The van der Waals surface area contributed by atoms with Crippen molar-refractivity contribution in [1.29, 1.82) is 0 Å². The molecule has 118 valence electrons. The molecular weight excluding hydrogens is 297 g/mol. The summed E-state index contributed by atoms with van der Waals surface area (Å²) in [6.45, 7) is 3.13. The Labute approximate surface area is 124 Å². The van der Waals surface area contributed by atoms with E-state index in [0.717, 1.165) is 4.31 Å². The summed E-state index contributed by atoms with van der Waals surface area (Å²) in [6.07, 6.45) is 0.0127. The summed E-state index contributed by atoms with van der Waals surface area (Å²) in [6, 6.07) is 4.72. The lowest BCUT2D eigenvalue weighted by atomic mass is 10.1. The third-order valence-corrected chi connectivity index (χ3v) is 5.63. The number of aryl methyl sites for hydroxylation is 1. The van der Waals surface area contributed by atoms with Gasteiger partial charge in [-0.05, 0) is 44.0 Å². The molecule has 1 saturated heterocycles. The molecule has 0 bridgehead atoms. The van der Waals surface area contributed by atoms with Crippen LogP contribution in [0.15, 0.2) is 23.1 Å². The summed E-state index contributed by atoms with van der Waals surface area (Å²) >= 11 is 0. The molecule has 21 heavy (non-hydrogen) atoms. The Morgan fingerprint density at radius 1 is 1.48 bits per heavy atom. The number of halogens is 1. The number of aliphatic hydroxyl groups excluding tert-OH is 1. The maximum Gasteiger partial charge on any atom is 0.243 e. The van der Waals surface area contributed by atoms with Gasteiger partial charge in [0, 0.05) is 6.54 Å². The van der Waals surface area contributed by atoms with Gasteiger partial charge in [0.05, 0.1) is 24.7 Å². The van der Waals surface area contributed by atoms with E-state index >= 15 is 0 Å². The van der Waals surface area contributed by atoms with Gasteiger partial charge in [0.15, 0.2) is 0 Å². The Bertz CT molecular complexity index is 619. The number of hydrogen-bond donors (Lipinski definition) is 1. The highest BCUT2D eigenvalue weighted by Gasteiger charge is 2.43. The van der Waals surface area contributed by atoms with Crippen LogP contribution in [0.4, 0.5) is 4.39 Å². The number of alkyl halides is 1. The normalized spacial score (nSPS) is 23.4. The molecule has 0 amide bonds. The molecule has 1 fully saturated rings. The van der Waals surface area contributed by atoms with Gasteiger partial charge in [0.1, 0.15) is 11.4 Å². The summed E-state index contributed by atoms with van der Waals surface area (Å²) in [5.41, 5.74) is -1.28. The van der Waals surface area contributed by atoms with E-state index in [-0.39, 0.29) is 24.4 Å². The lowest BCUT2D eigenvalue weighted by molar-refractivity contribution is 0.0844. The summed E-state index contributed by atoms with van der Waals surface area (Å²) < 4.78 is 45.6. The van der Waals surface area contributed by atoms with E-state index < -0.39 is 22.3 Å². The van der Waals surface area contributed by atoms with Crippen LogP contribution in [-0.4, -0.2) is 49.8 Å². The zero-order valence-corrected chi connectivity index (χ0v) is 13.0. The van der Waals surface area contributed by atoms with Crippen LogP contribution in [0.1, 0.15) is 18.9 Å². The van der Waals surface area contributed by atoms with E-state index in [2.05, 4.69) is 0 Å². The molecule has 0 radical (unpaired) electrons. The second kappa shape index (κ2) is 5.90. The minimum absolute atomic E-state index is 0.0127. The fourth-order valence-corrected chi connectivity index (χ4v) is 4.16. The quantitative estimate of drug-likeness (QED) is 0.893. The predicted molar refractivity (Wildman–Crippen MR) is 76.6 cm³/mol. The number of rotatable bonds is 5. The Kier molecular flexibility index (Phi) is 4.55. The Morgan fingerprint density at radius 2 is 2.19 bits per heavy atom. The molecule has 1 aromatic carbocycles. The van der Waals surface area contributed by atoms with Crippen molar-refractivity contribution in [2.75, 3.05) is 26.3 Å². The van der Waals surface area contributed by atoms with Gasteiger partial charge < -0.3 is 9.84 Å². The summed E-state index contributed by atoms with van der Waals surface area (Å²) in [5.74, 6) is 0.602. The van der Waals surface area contributed by atoms with Gasteiger partial charge in [0.25, 0.3) is 0 Å². The highest BCUT2D eigenvalue weighted by Crippen LogP contribution is 2.31. The average Bonchev–Trinajstić information content (AvgIpc) is 2.83. The molecule has 1 heterocycles. The van der Waals surface area contributed by atoms with Gasteiger partial charge in [-0.1, -0.05) is 0 Å². The van der Waals surface area contributed by atoms with E-state index in [1.165, 1.54) is 6.07 Å². The highest BCUT2D eigenvalue weighted by molar-refractivity contribution is 7.89. The van der Waals surface area contributed by atoms with Crippen LogP contribution in [0.25, 0.3) is 0 Å². The van der Waals surface area contributed by atoms with E-state index in [1.54, 1.807) is 19.1 Å². The first-order chi connectivity index (χ1) is 9.82. The zero-order valence-electron chi connectivity index (χ0n) is 12.2. The fourth-order valence-electron chi connectivity index (χ4n) is 2.44. The van der Waals surface area contributed by atoms with Crippen LogP contribution in [0.5, 0.6) is 5.75 Å². The van der Waals surface area contributed by atoms with Crippen molar-refractivity contribution in [3.63, 3.8) is 0 Å². The number of benzene rings is 1. The molecular formula is C14H20FNO4S. The predicted octanol–water partition coefficient (Wildman–Crippen LogP) is 1.49. The molecule has 0 spiro atoms. The molecule has 1 aliphatic heterocycles. The molecule has 1 unspecified atom stereocenters. The Morgan fingerprint density at radius 3 is 2.71 bits per heavy atom. The number of sulfonamides is 1. The van der Waals surface area contributed by atoms with Crippen molar-refractivity contribution in [3.05, 3.63) is 23.8 Å². The van der Waals surface area contributed by atoms with Crippen LogP contribution in [0.2, 0.25) is 0 Å². The third-order valence-electron chi connectivity index (χ3n) is 3.63. The molecule has 0 aliphatic carbocycles. The topological polar surface area (TPSA) is 66.8 Å². The van der Waals surface area contributed by atoms with Gasteiger partial charge in [-0.25, -0.2) is 12.8 Å². The molecule has 0 saturated carbocycles. The maximum absolute atomic E-state index is 14.0. The molecule has 1 aliphatic rings. The minimum Gasteiger partial charge on any atom is -0.494 e. The summed E-state index contributed by atoms with van der Waals surface area (Å²) in [5, 5.41) is 9.02. The van der Waals surface area contributed by atoms with Crippen molar-refractivity contribution in [1.82, 2.24) is 4.31 Å². The smallest absolute Gasteiger partial charge is 0.243 e. The second-order valence-electron chi connectivity index (χ2n) is 5.26. The maximum atomic E-state index is 14.0. The molecule has 1 atom stereocenters. The van der Waals surface area contributed by atoms with Crippen LogP contribution < -0.4 is 4.74 Å². The molecule has 7 heteroatoms. The van der Waals surface area contributed by atoms with Crippen molar-refractivity contribution in [3.8, 4) is 5.75 Å². The zero-order chi connectivity index (χ0) is 15.7. The number of hydrogen-bond acceptors (Lipinski definition) is 4. The van der Waals surface area contributed by atoms with Crippen LogP contribution in [0, 0.1) is 6.92 Å². The third kappa shape index (κ3) is 3.20. The molecule has 2 rings (SSSR count). The van der Waals surface area contributed by atoms with Crippen molar-refractivity contribution in [2.45, 2.75) is 30.8 Å².